The topological polar surface area (TPSA) is 119 Å². The molecular weight excluding hydrogens is 460 g/mol. The SMILES string of the molecule is CCCN1CCC(C#N)(NC(=O)C(CC2CCCCC2)NC(NC(=O)OCC)N2CCOCC2)CC1. The van der Waals surface area contributed by atoms with E-state index >= 15 is 0 Å². The molecule has 0 aromatic carbocycles. The van der Waals surface area contributed by atoms with Gasteiger partial charge in [0, 0.05) is 26.2 Å². The molecule has 0 spiro atoms. The van der Waals surface area contributed by atoms with Crippen molar-refractivity contribution in [3.8, 4) is 6.07 Å². The molecule has 2 aliphatic heterocycles. The van der Waals surface area contributed by atoms with Crippen LogP contribution in [0.1, 0.15) is 71.6 Å². The lowest BCUT2D eigenvalue weighted by molar-refractivity contribution is -0.126. The monoisotopic (exact) mass is 506 g/mol. The van der Waals surface area contributed by atoms with Gasteiger partial charge in [0.1, 0.15) is 11.8 Å². The van der Waals surface area contributed by atoms with Gasteiger partial charge in [-0.2, -0.15) is 5.26 Å². The molecule has 0 bridgehead atoms. The number of ether oxygens (including phenoxy) is 2. The normalized spacial score (nSPS) is 23.2. The number of hydrogen-bond acceptors (Lipinski definition) is 8. The molecule has 3 N–H and O–H groups in total. The van der Waals surface area contributed by atoms with Crippen molar-refractivity contribution in [3.05, 3.63) is 0 Å². The van der Waals surface area contributed by atoms with Gasteiger partial charge in [0.15, 0.2) is 0 Å². The fraction of sp³-hybridized carbons (Fsp3) is 0.885. The van der Waals surface area contributed by atoms with Crippen molar-refractivity contribution in [3.63, 3.8) is 0 Å². The van der Waals surface area contributed by atoms with Crippen LogP contribution in [0.4, 0.5) is 4.79 Å². The molecule has 3 rings (SSSR count). The highest BCUT2D eigenvalue weighted by Gasteiger charge is 2.39. The molecule has 0 aromatic heterocycles. The minimum absolute atomic E-state index is 0.157. The van der Waals surface area contributed by atoms with E-state index in [1.807, 2.05) is 0 Å². The van der Waals surface area contributed by atoms with E-state index in [1.165, 1.54) is 19.3 Å². The molecule has 0 aromatic rings. The zero-order valence-electron chi connectivity index (χ0n) is 22.2. The Morgan fingerprint density at radius 1 is 1.11 bits per heavy atom. The van der Waals surface area contributed by atoms with Gasteiger partial charge in [0.2, 0.25) is 5.91 Å². The number of likely N-dealkylation sites (tertiary alicyclic amines) is 1. The van der Waals surface area contributed by atoms with Crippen molar-refractivity contribution in [2.24, 2.45) is 5.92 Å². The van der Waals surface area contributed by atoms with Crippen LogP contribution in [-0.2, 0) is 14.3 Å². The Kier molecular flexibility index (Phi) is 11.7. The zero-order valence-corrected chi connectivity index (χ0v) is 22.2. The molecule has 1 saturated carbocycles. The van der Waals surface area contributed by atoms with Crippen LogP contribution in [0.5, 0.6) is 0 Å². The third-order valence-electron chi connectivity index (χ3n) is 7.74. The van der Waals surface area contributed by atoms with Crippen LogP contribution in [0, 0.1) is 17.2 Å². The van der Waals surface area contributed by atoms with Gasteiger partial charge < -0.3 is 19.7 Å². The number of morpholine rings is 1. The fourth-order valence-electron chi connectivity index (χ4n) is 5.62. The number of amides is 2. The van der Waals surface area contributed by atoms with E-state index in [9.17, 15) is 14.9 Å². The second-order valence-corrected chi connectivity index (χ2v) is 10.4. The van der Waals surface area contributed by atoms with Crippen LogP contribution in [0.15, 0.2) is 0 Å². The average molecular weight is 507 g/mol. The van der Waals surface area contributed by atoms with Crippen molar-refractivity contribution in [2.45, 2.75) is 89.5 Å². The predicted molar refractivity (Wildman–Crippen MR) is 137 cm³/mol. The Hall–Kier alpha value is -1.93. The molecule has 2 saturated heterocycles. The quantitative estimate of drug-likeness (QED) is 0.365. The molecule has 2 unspecified atom stereocenters. The largest absolute Gasteiger partial charge is 0.450 e. The first-order chi connectivity index (χ1) is 17.5. The minimum atomic E-state index is -0.850. The second kappa shape index (κ2) is 14.7. The molecule has 36 heavy (non-hydrogen) atoms. The Morgan fingerprint density at radius 2 is 1.81 bits per heavy atom. The summed E-state index contributed by atoms with van der Waals surface area (Å²) in [6.07, 6.45) is 7.75. The van der Waals surface area contributed by atoms with Crippen LogP contribution in [0.3, 0.4) is 0 Å². The summed E-state index contributed by atoms with van der Waals surface area (Å²) in [5.74, 6) is 0.286. The van der Waals surface area contributed by atoms with Gasteiger partial charge in [-0.3, -0.25) is 20.3 Å². The van der Waals surface area contributed by atoms with Gasteiger partial charge in [0.25, 0.3) is 0 Å². The van der Waals surface area contributed by atoms with E-state index in [1.54, 1.807) is 6.92 Å². The van der Waals surface area contributed by atoms with E-state index < -0.39 is 24.0 Å². The van der Waals surface area contributed by atoms with Crippen LogP contribution >= 0.6 is 0 Å². The van der Waals surface area contributed by atoms with Crippen molar-refractivity contribution < 1.29 is 19.1 Å². The molecule has 0 radical (unpaired) electrons. The van der Waals surface area contributed by atoms with Gasteiger partial charge >= 0.3 is 6.09 Å². The van der Waals surface area contributed by atoms with Crippen molar-refractivity contribution >= 4 is 12.0 Å². The van der Waals surface area contributed by atoms with E-state index in [0.717, 1.165) is 38.9 Å². The third kappa shape index (κ3) is 8.58. The number of carbonyl (C=O) groups is 2. The number of carbonyl (C=O) groups excluding carboxylic acids is 2. The summed E-state index contributed by atoms with van der Waals surface area (Å²) in [4.78, 5) is 30.5. The first-order valence-corrected chi connectivity index (χ1v) is 14.0. The van der Waals surface area contributed by atoms with E-state index in [0.29, 0.717) is 51.5 Å². The third-order valence-corrected chi connectivity index (χ3v) is 7.74. The lowest BCUT2D eigenvalue weighted by atomic mass is 9.84. The second-order valence-electron chi connectivity index (χ2n) is 10.4. The minimum Gasteiger partial charge on any atom is -0.450 e. The number of piperidine rings is 1. The maximum atomic E-state index is 13.8. The summed E-state index contributed by atoms with van der Waals surface area (Å²) in [5.41, 5.74) is -0.850. The number of alkyl carbamates (subject to hydrolysis) is 1. The standard InChI is InChI=1S/C26H46N6O4/c1-3-12-31-13-10-26(20-27,11-14-31)30-23(33)22(19-21-8-6-5-7-9-21)28-24(29-25(34)36-4-2)32-15-17-35-18-16-32/h21-22,24,28H,3-19H2,1-2H3,(H,29,34)(H,30,33). The highest BCUT2D eigenvalue weighted by atomic mass is 16.5. The predicted octanol–water partition coefficient (Wildman–Crippen LogP) is 2.16. The Bertz CT molecular complexity index is 724. The molecule has 10 heteroatoms. The van der Waals surface area contributed by atoms with E-state index in [2.05, 4.69) is 38.7 Å². The Balaban J connectivity index is 1.73. The fourth-order valence-corrected chi connectivity index (χ4v) is 5.62. The van der Waals surface area contributed by atoms with E-state index in [-0.39, 0.29) is 12.5 Å². The number of nitrogens with zero attached hydrogens (tertiary/aromatic N) is 3. The summed E-state index contributed by atoms with van der Waals surface area (Å²) < 4.78 is 10.6. The summed E-state index contributed by atoms with van der Waals surface area (Å²) in [5, 5.41) is 19.6. The van der Waals surface area contributed by atoms with Crippen LogP contribution < -0.4 is 16.0 Å². The van der Waals surface area contributed by atoms with Gasteiger partial charge in [-0.1, -0.05) is 39.0 Å². The first-order valence-electron chi connectivity index (χ1n) is 14.0. The lowest BCUT2D eigenvalue weighted by Gasteiger charge is -2.40. The molecule has 2 atom stereocenters. The van der Waals surface area contributed by atoms with Gasteiger partial charge in [0.05, 0.1) is 31.9 Å². The van der Waals surface area contributed by atoms with Crippen molar-refractivity contribution in [1.82, 2.24) is 25.8 Å². The van der Waals surface area contributed by atoms with Crippen LogP contribution in [0.2, 0.25) is 0 Å². The Labute approximate surface area is 216 Å². The lowest BCUT2D eigenvalue weighted by Crippen LogP contribution is -2.65. The van der Waals surface area contributed by atoms with Crippen LogP contribution in [-0.4, -0.2) is 92.2 Å². The van der Waals surface area contributed by atoms with Gasteiger partial charge in [-0.15, -0.1) is 0 Å². The first kappa shape index (κ1) is 28.6. The molecular formula is C26H46N6O4. The molecule has 1 aliphatic carbocycles. The summed E-state index contributed by atoms with van der Waals surface area (Å²) in [6, 6.07) is 1.91. The molecule has 10 nitrogen and oxygen atoms in total. The molecule has 3 aliphatic rings. The molecule has 3 fully saturated rings. The van der Waals surface area contributed by atoms with Gasteiger partial charge in [-0.05, 0) is 45.1 Å². The molecule has 204 valence electrons. The maximum absolute atomic E-state index is 13.8. The van der Waals surface area contributed by atoms with Crippen molar-refractivity contribution in [2.75, 3.05) is 52.5 Å². The summed E-state index contributed by atoms with van der Waals surface area (Å²) in [7, 11) is 0. The highest BCUT2D eigenvalue weighted by molar-refractivity contribution is 5.83. The highest BCUT2D eigenvalue weighted by Crippen LogP contribution is 2.28. The van der Waals surface area contributed by atoms with E-state index in [4.69, 9.17) is 9.47 Å². The molecule has 2 amide bonds. The number of nitriles is 1. The number of hydrogen-bond donors (Lipinski definition) is 3. The molecule has 2 heterocycles. The van der Waals surface area contributed by atoms with Crippen molar-refractivity contribution in [1.29, 1.82) is 5.26 Å². The zero-order chi connectivity index (χ0) is 25.8. The number of rotatable bonds is 11. The number of nitrogens with one attached hydrogen (secondary N) is 3. The smallest absolute Gasteiger partial charge is 0.409 e. The van der Waals surface area contributed by atoms with Gasteiger partial charge in [-0.25, -0.2) is 4.79 Å². The van der Waals surface area contributed by atoms with Crippen LogP contribution in [0.25, 0.3) is 0 Å². The summed E-state index contributed by atoms with van der Waals surface area (Å²) >= 11 is 0. The average Bonchev–Trinajstić information content (AvgIpc) is 2.90. The summed E-state index contributed by atoms with van der Waals surface area (Å²) in [6.45, 7) is 9.23. The Morgan fingerprint density at radius 3 is 2.42 bits per heavy atom. The maximum Gasteiger partial charge on any atom is 0.409 e.